The van der Waals surface area contributed by atoms with Crippen LogP contribution in [-0.2, 0) is 0 Å². The van der Waals surface area contributed by atoms with E-state index in [2.05, 4.69) is 39.9 Å². The van der Waals surface area contributed by atoms with Crippen LogP contribution in [0.5, 0.6) is 0 Å². The first-order chi connectivity index (χ1) is 6.96. The van der Waals surface area contributed by atoms with Gasteiger partial charge in [0.1, 0.15) is 0 Å². The van der Waals surface area contributed by atoms with Crippen LogP contribution < -0.4 is 5.32 Å². The van der Waals surface area contributed by atoms with Crippen LogP contribution in [0, 0.1) is 17.3 Å². The average molecular weight is 211 g/mol. The van der Waals surface area contributed by atoms with E-state index in [1.54, 1.807) is 0 Å². The average Bonchev–Trinajstić information content (AvgIpc) is 2.17. The zero-order valence-electron chi connectivity index (χ0n) is 11.3. The Morgan fingerprint density at radius 2 is 1.80 bits per heavy atom. The van der Waals surface area contributed by atoms with Gasteiger partial charge in [0.2, 0.25) is 0 Å². The van der Waals surface area contributed by atoms with Gasteiger partial charge in [-0.25, -0.2) is 0 Å². The van der Waals surface area contributed by atoms with Crippen molar-refractivity contribution in [3.63, 3.8) is 0 Å². The van der Waals surface area contributed by atoms with E-state index in [1.807, 2.05) is 0 Å². The minimum absolute atomic E-state index is 0.481. The third-order valence-electron chi connectivity index (χ3n) is 4.10. The highest BCUT2D eigenvalue weighted by atomic mass is 14.9. The van der Waals surface area contributed by atoms with Crippen molar-refractivity contribution < 1.29 is 0 Å². The maximum Gasteiger partial charge on any atom is 0.00697 e. The van der Waals surface area contributed by atoms with Gasteiger partial charge in [0.15, 0.2) is 0 Å². The van der Waals surface area contributed by atoms with Crippen LogP contribution in [0.2, 0.25) is 0 Å². The zero-order valence-corrected chi connectivity index (χ0v) is 11.3. The van der Waals surface area contributed by atoms with E-state index in [1.165, 1.54) is 25.7 Å². The molecule has 3 unspecified atom stereocenters. The van der Waals surface area contributed by atoms with Gasteiger partial charge >= 0.3 is 0 Å². The first kappa shape index (κ1) is 13.0. The third-order valence-corrected chi connectivity index (χ3v) is 4.10. The second kappa shape index (κ2) is 5.34. The topological polar surface area (TPSA) is 12.0 Å². The fourth-order valence-corrected chi connectivity index (χ4v) is 3.31. The van der Waals surface area contributed by atoms with E-state index < -0.39 is 0 Å². The molecule has 0 aliphatic heterocycles. The van der Waals surface area contributed by atoms with Crippen molar-refractivity contribution in [2.45, 2.75) is 66.3 Å². The summed E-state index contributed by atoms with van der Waals surface area (Å²) in [6.45, 7) is 12.9. The van der Waals surface area contributed by atoms with Gasteiger partial charge in [-0.1, -0.05) is 40.5 Å². The summed E-state index contributed by atoms with van der Waals surface area (Å²) in [5.74, 6) is 1.79. The van der Waals surface area contributed by atoms with Crippen LogP contribution in [0.15, 0.2) is 0 Å². The molecule has 1 aliphatic rings. The zero-order chi connectivity index (χ0) is 11.5. The Kier molecular flexibility index (Phi) is 4.64. The molecule has 1 nitrogen and oxygen atoms in total. The molecule has 0 aromatic carbocycles. The number of hydrogen-bond acceptors (Lipinski definition) is 1. The maximum atomic E-state index is 3.62. The number of nitrogens with one attached hydrogen (secondary N) is 1. The lowest BCUT2D eigenvalue weighted by molar-refractivity contribution is 0.0844. The monoisotopic (exact) mass is 211 g/mol. The molecule has 90 valence electrons. The van der Waals surface area contributed by atoms with Crippen LogP contribution in [0.25, 0.3) is 0 Å². The Balaban J connectivity index is 2.65. The predicted molar refractivity (Wildman–Crippen MR) is 68.0 cm³/mol. The molecular weight excluding hydrogens is 182 g/mol. The van der Waals surface area contributed by atoms with Crippen molar-refractivity contribution >= 4 is 0 Å². The van der Waals surface area contributed by atoms with Crippen LogP contribution in [0.1, 0.15) is 60.3 Å². The Labute approximate surface area is 96.0 Å². The minimum atomic E-state index is 0.481. The second-order valence-corrected chi connectivity index (χ2v) is 6.27. The lowest BCUT2D eigenvalue weighted by Crippen LogP contribution is -2.43. The SMILES string of the molecule is CCNC(C)C1CCCCC1C(C)(C)C. The molecule has 1 fully saturated rings. The van der Waals surface area contributed by atoms with E-state index in [9.17, 15) is 0 Å². The Morgan fingerprint density at radius 1 is 1.20 bits per heavy atom. The predicted octanol–water partition coefficient (Wildman–Crippen LogP) is 3.84. The molecule has 0 aromatic heterocycles. The first-order valence-electron chi connectivity index (χ1n) is 6.70. The molecule has 1 rings (SSSR count). The van der Waals surface area contributed by atoms with E-state index in [0.717, 1.165) is 18.4 Å². The van der Waals surface area contributed by atoms with E-state index in [-0.39, 0.29) is 0 Å². The van der Waals surface area contributed by atoms with Crippen molar-refractivity contribution in [1.29, 1.82) is 0 Å². The lowest BCUT2D eigenvalue weighted by Gasteiger charge is -2.43. The van der Waals surface area contributed by atoms with Gasteiger partial charge in [-0.15, -0.1) is 0 Å². The molecule has 15 heavy (non-hydrogen) atoms. The van der Waals surface area contributed by atoms with E-state index >= 15 is 0 Å². The van der Waals surface area contributed by atoms with Gasteiger partial charge in [-0.2, -0.15) is 0 Å². The first-order valence-corrected chi connectivity index (χ1v) is 6.70. The molecule has 0 saturated heterocycles. The molecule has 0 spiro atoms. The molecule has 0 amide bonds. The van der Waals surface area contributed by atoms with Gasteiger partial charge in [0.05, 0.1) is 0 Å². The van der Waals surface area contributed by atoms with Gasteiger partial charge in [0.25, 0.3) is 0 Å². The summed E-state index contributed by atoms with van der Waals surface area (Å²) < 4.78 is 0. The van der Waals surface area contributed by atoms with E-state index in [0.29, 0.717) is 11.5 Å². The summed E-state index contributed by atoms with van der Waals surface area (Å²) in [4.78, 5) is 0. The molecule has 1 heteroatoms. The van der Waals surface area contributed by atoms with Crippen LogP contribution in [-0.4, -0.2) is 12.6 Å². The summed E-state index contributed by atoms with van der Waals surface area (Å²) in [7, 11) is 0. The summed E-state index contributed by atoms with van der Waals surface area (Å²) in [5.41, 5.74) is 0.481. The fraction of sp³-hybridized carbons (Fsp3) is 1.00. The van der Waals surface area contributed by atoms with E-state index in [4.69, 9.17) is 0 Å². The van der Waals surface area contributed by atoms with Gasteiger partial charge in [-0.3, -0.25) is 0 Å². The molecular formula is C14H29N. The van der Waals surface area contributed by atoms with Crippen LogP contribution >= 0.6 is 0 Å². The third kappa shape index (κ3) is 3.48. The summed E-state index contributed by atoms with van der Waals surface area (Å²) in [5, 5.41) is 3.62. The Hall–Kier alpha value is -0.0400. The van der Waals surface area contributed by atoms with Crippen molar-refractivity contribution in [2.75, 3.05) is 6.54 Å². The summed E-state index contributed by atoms with van der Waals surface area (Å²) in [6, 6.07) is 0.694. The second-order valence-electron chi connectivity index (χ2n) is 6.27. The van der Waals surface area contributed by atoms with Gasteiger partial charge in [-0.05, 0) is 43.6 Å². The minimum Gasteiger partial charge on any atom is -0.314 e. The standard InChI is InChI=1S/C14H29N/c1-6-15-11(2)12-9-7-8-10-13(12)14(3,4)5/h11-13,15H,6-10H2,1-5H3. The highest BCUT2D eigenvalue weighted by Gasteiger charge is 2.36. The summed E-state index contributed by atoms with van der Waals surface area (Å²) >= 11 is 0. The Bertz CT molecular complexity index is 180. The quantitative estimate of drug-likeness (QED) is 0.748. The van der Waals surface area contributed by atoms with Crippen LogP contribution in [0.3, 0.4) is 0 Å². The number of hydrogen-bond donors (Lipinski definition) is 1. The highest BCUT2D eigenvalue weighted by Crippen LogP contribution is 2.43. The molecule has 0 bridgehead atoms. The molecule has 3 atom stereocenters. The molecule has 1 N–H and O–H groups in total. The Morgan fingerprint density at radius 3 is 2.33 bits per heavy atom. The largest absolute Gasteiger partial charge is 0.314 e. The smallest absolute Gasteiger partial charge is 0.00697 e. The molecule has 0 heterocycles. The van der Waals surface area contributed by atoms with Crippen LogP contribution in [0.4, 0.5) is 0 Å². The number of rotatable bonds is 3. The van der Waals surface area contributed by atoms with Crippen molar-refractivity contribution in [2.24, 2.45) is 17.3 Å². The van der Waals surface area contributed by atoms with Gasteiger partial charge in [0, 0.05) is 6.04 Å². The fourth-order valence-electron chi connectivity index (χ4n) is 3.31. The lowest BCUT2D eigenvalue weighted by atomic mass is 9.64. The van der Waals surface area contributed by atoms with Gasteiger partial charge < -0.3 is 5.32 Å². The normalized spacial score (nSPS) is 30.2. The molecule has 1 aliphatic carbocycles. The molecule has 0 radical (unpaired) electrons. The van der Waals surface area contributed by atoms with Crippen molar-refractivity contribution in [1.82, 2.24) is 5.32 Å². The summed E-state index contributed by atoms with van der Waals surface area (Å²) in [6.07, 6.45) is 5.74. The van der Waals surface area contributed by atoms with Crippen molar-refractivity contribution in [3.05, 3.63) is 0 Å². The maximum absolute atomic E-state index is 3.62. The highest BCUT2D eigenvalue weighted by molar-refractivity contribution is 4.88. The molecule has 0 aromatic rings. The molecule has 1 saturated carbocycles. The van der Waals surface area contributed by atoms with Crippen molar-refractivity contribution in [3.8, 4) is 0 Å².